The molecule has 1 nitrogen and oxygen atoms in total. The van der Waals surface area contributed by atoms with Crippen molar-refractivity contribution in [2.24, 2.45) is 0 Å². The molecule has 0 saturated heterocycles. The van der Waals surface area contributed by atoms with Gasteiger partial charge < -0.3 is 0 Å². The van der Waals surface area contributed by atoms with Crippen LogP contribution in [-0.4, -0.2) is 4.98 Å². The van der Waals surface area contributed by atoms with Gasteiger partial charge in [0.25, 0.3) is 0 Å². The number of nitrogens with zero attached hydrogens (tertiary/aromatic N) is 1. The Labute approximate surface area is 165 Å². The summed E-state index contributed by atoms with van der Waals surface area (Å²) < 4.78 is 2.23. The minimum Gasteiger partial charge on any atom is -0.246 e. The molecule has 0 radical (unpaired) electrons. The summed E-state index contributed by atoms with van der Waals surface area (Å²) in [6.45, 7) is 0. The van der Waals surface area contributed by atoms with Crippen LogP contribution in [0.5, 0.6) is 0 Å². The molecular formula is C19H11Br2NS2. The first-order chi connectivity index (χ1) is 11.7. The van der Waals surface area contributed by atoms with Crippen molar-refractivity contribution in [3.63, 3.8) is 0 Å². The maximum Gasteiger partial charge on any atom is 0.0816 e. The molecule has 3 heterocycles. The Bertz CT molecular complexity index is 931. The molecule has 0 bridgehead atoms. The van der Waals surface area contributed by atoms with Gasteiger partial charge in [-0.15, -0.1) is 22.7 Å². The molecule has 0 spiro atoms. The molecule has 4 rings (SSSR count). The number of halogens is 2. The second-order valence-corrected chi connectivity index (χ2v) is 10.1. The van der Waals surface area contributed by atoms with Crippen LogP contribution in [0.2, 0.25) is 0 Å². The summed E-state index contributed by atoms with van der Waals surface area (Å²) in [4.78, 5) is 7.23. The number of benzene rings is 1. The second kappa shape index (κ2) is 6.92. The summed E-state index contributed by atoms with van der Waals surface area (Å²) >= 11 is 10.5. The quantitative estimate of drug-likeness (QED) is 0.294. The fourth-order valence-corrected chi connectivity index (χ4v) is 5.18. The van der Waals surface area contributed by atoms with E-state index in [1.165, 1.54) is 11.1 Å². The van der Waals surface area contributed by atoms with E-state index in [1.807, 2.05) is 6.07 Å². The van der Waals surface area contributed by atoms with Gasteiger partial charge >= 0.3 is 0 Å². The van der Waals surface area contributed by atoms with Gasteiger partial charge in [-0.25, -0.2) is 4.98 Å². The molecule has 1 aromatic carbocycles. The van der Waals surface area contributed by atoms with E-state index in [2.05, 4.69) is 92.5 Å². The normalized spacial score (nSPS) is 10.9. The lowest BCUT2D eigenvalue weighted by Crippen LogP contribution is -1.88. The lowest BCUT2D eigenvalue weighted by Gasteiger charge is -2.08. The average Bonchev–Trinajstić information content (AvgIpc) is 3.24. The largest absolute Gasteiger partial charge is 0.246 e. The Balaban J connectivity index is 1.91. The van der Waals surface area contributed by atoms with Crippen LogP contribution in [0.25, 0.3) is 32.3 Å². The Morgan fingerprint density at radius 1 is 0.625 bits per heavy atom. The highest BCUT2D eigenvalue weighted by Crippen LogP contribution is 2.37. The summed E-state index contributed by atoms with van der Waals surface area (Å²) in [6.07, 6.45) is 0. The Hall–Kier alpha value is -1.27. The Kier molecular flexibility index (Phi) is 4.68. The minimum absolute atomic E-state index is 1.01. The first-order valence-corrected chi connectivity index (χ1v) is 10.5. The van der Waals surface area contributed by atoms with Crippen molar-refractivity contribution in [3.05, 3.63) is 74.3 Å². The summed E-state index contributed by atoms with van der Waals surface area (Å²) in [5.74, 6) is 0. The van der Waals surface area contributed by atoms with Crippen LogP contribution in [0, 0.1) is 0 Å². The third-order valence-corrected chi connectivity index (χ3v) is 6.88. The zero-order valence-corrected chi connectivity index (χ0v) is 17.2. The minimum atomic E-state index is 1.01. The molecule has 3 aromatic heterocycles. The molecule has 0 unspecified atom stereocenters. The third kappa shape index (κ3) is 3.40. The van der Waals surface area contributed by atoms with Gasteiger partial charge in [0.05, 0.1) is 28.7 Å². The highest BCUT2D eigenvalue weighted by atomic mass is 79.9. The first kappa shape index (κ1) is 16.2. The Morgan fingerprint density at radius 3 is 1.62 bits per heavy atom. The fourth-order valence-electron chi connectivity index (χ4n) is 2.48. The number of thiophene rings is 2. The van der Waals surface area contributed by atoms with E-state index in [9.17, 15) is 0 Å². The van der Waals surface area contributed by atoms with Crippen molar-refractivity contribution < 1.29 is 0 Å². The van der Waals surface area contributed by atoms with E-state index in [-0.39, 0.29) is 0 Å². The molecule has 4 aromatic rings. The smallest absolute Gasteiger partial charge is 0.0816 e. The van der Waals surface area contributed by atoms with Crippen molar-refractivity contribution in [1.29, 1.82) is 0 Å². The number of hydrogen-bond acceptors (Lipinski definition) is 3. The number of aromatic nitrogens is 1. The third-order valence-electron chi connectivity index (χ3n) is 3.58. The molecule has 0 aliphatic heterocycles. The van der Waals surface area contributed by atoms with Crippen LogP contribution >= 0.6 is 54.5 Å². The SMILES string of the molecule is Brc1ccc(-c2cc(-c3ccccc3)cc(-c3ccc(Br)s3)n2)s1. The topological polar surface area (TPSA) is 12.9 Å². The fraction of sp³-hybridized carbons (Fsp3) is 0. The second-order valence-electron chi connectivity index (χ2n) is 5.20. The zero-order valence-electron chi connectivity index (χ0n) is 12.4. The lowest BCUT2D eigenvalue weighted by molar-refractivity contribution is 1.35. The first-order valence-electron chi connectivity index (χ1n) is 7.28. The van der Waals surface area contributed by atoms with Gasteiger partial charge in [0, 0.05) is 0 Å². The van der Waals surface area contributed by atoms with E-state index in [1.54, 1.807) is 22.7 Å². The molecule has 5 heteroatoms. The molecule has 0 N–H and O–H groups in total. The summed E-state index contributed by atoms with van der Waals surface area (Å²) in [5.41, 5.74) is 4.40. The molecule has 0 aliphatic carbocycles. The number of hydrogen-bond donors (Lipinski definition) is 0. The van der Waals surface area contributed by atoms with Gasteiger partial charge in [-0.3, -0.25) is 0 Å². The Morgan fingerprint density at radius 2 is 1.17 bits per heavy atom. The van der Waals surface area contributed by atoms with Crippen LogP contribution in [0.4, 0.5) is 0 Å². The van der Waals surface area contributed by atoms with Crippen molar-refractivity contribution >= 4 is 54.5 Å². The maximum atomic E-state index is 4.91. The summed E-state index contributed by atoms with van der Waals surface area (Å²) in [6, 6.07) is 23.1. The molecule has 118 valence electrons. The van der Waals surface area contributed by atoms with Crippen LogP contribution in [0.15, 0.2) is 74.3 Å². The molecule has 0 atom stereocenters. The van der Waals surface area contributed by atoms with Crippen LogP contribution in [0.3, 0.4) is 0 Å². The zero-order chi connectivity index (χ0) is 16.5. The summed E-state index contributed by atoms with van der Waals surface area (Å²) in [7, 11) is 0. The van der Waals surface area contributed by atoms with Crippen LogP contribution < -0.4 is 0 Å². The highest BCUT2D eigenvalue weighted by Gasteiger charge is 2.11. The lowest BCUT2D eigenvalue weighted by atomic mass is 10.0. The summed E-state index contributed by atoms with van der Waals surface area (Å²) in [5, 5.41) is 0. The van der Waals surface area contributed by atoms with Crippen LogP contribution in [-0.2, 0) is 0 Å². The van der Waals surface area contributed by atoms with Crippen molar-refractivity contribution in [2.75, 3.05) is 0 Å². The molecule has 0 aliphatic rings. The van der Waals surface area contributed by atoms with E-state index in [0.717, 1.165) is 28.7 Å². The van der Waals surface area contributed by atoms with Gasteiger partial charge in [0.1, 0.15) is 0 Å². The van der Waals surface area contributed by atoms with Crippen molar-refractivity contribution in [1.82, 2.24) is 4.98 Å². The van der Waals surface area contributed by atoms with E-state index in [4.69, 9.17) is 4.98 Å². The van der Waals surface area contributed by atoms with Crippen molar-refractivity contribution in [3.8, 4) is 32.3 Å². The van der Waals surface area contributed by atoms with Gasteiger partial charge in [-0.05, 0) is 79.4 Å². The maximum absolute atomic E-state index is 4.91. The van der Waals surface area contributed by atoms with Crippen molar-refractivity contribution in [2.45, 2.75) is 0 Å². The predicted octanol–water partition coefficient (Wildman–Crippen LogP) is 7.73. The molecule has 0 fully saturated rings. The van der Waals surface area contributed by atoms with Crippen LogP contribution in [0.1, 0.15) is 0 Å². The van der Waals surface area contributed by atoms with Gasteiger partial charge in [0.15, 0.2) is 0 Å². The molecule has 0 saturated carbocycles. The van der Waals surface area contributed by atoms with E-state index >= 15 is 0 Å². The molecular weight excluding hydrogens is 466 g/mol. The monoisotopic (exact) mass is 475 g/mol. The highest BCUT2D eigenvalue weighted by molar-refractivity contribution is 9.11. The predicted molar refractivity (Wildman–Crippen MR) is 112 cm³/mol. The molecule has 0 amide bonds. The van der Waals surface area contributed by atoms with Gasteiger partial charge in [-0.1, -0.05) is 30.3 Å². The van der Waals surface area contributed by atoms with Gasteiger partial charge in [0.2, 0.25) is 0 Å². The van der Waals surface area contributed by atoms with Gasteiger partial charge in [-0.2, -0.15) is 0 Å². The number of rotatable bonds is 3. The number of pyridine rings is 1. The van der Waals surface area contributed by atoms with E-state index in [0.29, 0.717) is 0 Å². The average molecular weight is 477 g/mol. The standard InChI is InChI=1S/C19H11Br2NS2/c20-18-8-6-16(23-18)14-10-13(12-4-2-1-3-5-12)11-15(22-14)17-7-9-19(21)24-17/h1-11H. The van der Waals surface area contributed by atoms with E-state index < -0.39 is 0 Å². The molecule has 24 heavy (non-hydrogen) atoms.